The van der Waals surface area contributed by atoms with Gasteiger partial charge in [0.15, 0.2) is 0 Å². The molecule has 0 aliphatic carbocycles. The van der Waals surface area contributed by atoms with Gasteiger partial charge in [-0.3, -0.25) is 4.79 Å². The van der Waals surface area contributed by atoms with Crippen LogP contribution < -0.4 is 11.0 Å². The number of halogens is 1. The zero-order valence-electron chi connectivity index (χ0n) is 10.9. The van der Waals surface area contributed by atoms with E-state index >= 15 is 0 Å². The molecule has 0 fully saturated rings. The van der Waals surface area contributed by atoms with Gasteiger partial charge in [0.1, 0.15) is 0 Å². The molecular formula is C15H12ClN3O2. The van der Waals surface area contributed by atoms with Gasteiger partial charge < -0.3 is 15.3 Å². The van der Waals surface area contributed by atoms with E-state index in [1.165, 1.54) is 0 Å². The van der Waals surface area contributed by atoms with Gasteiger partial charge in [0.25, 0.3) is 5.91 Å². The third-order valence-corrected chi connectivity index (χ3v) is 3.40. The van der Waals surface area contributed by atoms with Crippen molar-refractivity contribution in [1.82, 2.24) is 15.3 Å². The summed E-state index contributed by atoms with van der Waals surface area (Å²) in [5, 5.41) is 3.48. The summed E-state index contributed by atoms with van der Waals surface area (Å²) in [5.41, 5.74) is 2.45. The number of H-pyrrole nitrogens is 2. The van der Waals surface area contributed by atoms with Crippen molar-refractivity contribution in [2.45, 2.75) is 6.54 Å². The molecule has 0 aliphatic rings. The lowest BCUT2D eigenvalue weighted by molar-refractivity contribution is 0.0951. The second-order valence-electron chi connectivity index (χ2n) is 4.65. The third kappa shape index (κ3) is 2.98. The van der Waals surface area contributed by atoms with E-state index in [4.69, 9.17) is 11.6 Å². The maximum Gasteiger partial charge on any atom is 0.323 e. The van der Waals surface area contributed by atoms with Crippen LogP contribution in [0, 0.1) is 0 Å². The van der Waals surface area contributed by atoms with Gasteiger partial charge in [-0.05, 0) is 35.9 Å². The quantitative estimate of drug-likeness (QED) is 0.695. The maximum absolute atomic E-state index is 12.1. The largest absolute Gasteiger partial charge is 0.348 e. The van der Waals surface area contributed by atoms with E-state index in [1.54, 1.807) is 30.3 Å². The average molecular weight is 302 g/mol. The number of aromatic amines is 2. The standard InChI is InChI=1S/C15H12ClN3O2/c16-11-4-1-9(2-5-11)8-17-14(20)10-3-6-12-13(7-10)19-15(21)18-12/h1-7H,8H2,(H,17,20)(H2,18,19,21). The summed E-state index contributed by atoms with van der Waals surface area (Å²) < 4.78 is 0. The van der Waals surface area contributed by atoms with E-state index in [0.29, 0.717) is 28.2 Å². The highest BCUT2D eigenvalue weighted by Crippen LogP contribution is 2.11. The van der Waals surface area contributed by atoms with E-state index in [0.717, 1.165) is 5.56 Å². The highest BCUT2D eigenvalue weighted by Gasteiger charge is 2.07. The first kappa shape index (κ1) is 13.5. The number of carbonyl (C=O) groups excluding carboxylic acids is 1. The molecule has 1 amide bonds. The molecule has 3 aromatic rings. The van der Waals surface area contributed by atoms with Gasteiger partial charge in [-0.2, -0.15) is 0 Å². The molecule has 0 saturated carbocycles. The highest BCUT2D eigenvalue weighted by atomic mass is 35.5. The van der Waals surface area contributed by atoms with E-state index in [9.17, 15) is 9.59 Å². The molecule has 0 saturated heterocycles. The molecule has 1 heterocycles. The fourth-order valence-electron chi connectivity index (χ4n) is 2.06. The fraction of sp³-hybridized carbons (Fsp3) is 0.0667. The molecule has 0 bridgehead atoms. The molecule has 21 heavy (non-hydrogen) atoms. The lowest BCUT2D eigenvalue weighted by Crippen LogP contribution is -2.22. The monoisotopic (exact) mass is 301 g/mol. The Labute approximate surface area is 125 Å². The van der Waals surface area contributed by atoms with Crippen molar-refractivity contribution in [3.63, 3.8) is 0 Å². The summed E-state index contributed by atoms with van der Waals surface area (Å²) in [7, 11) is 0. The van der Waals surface area contributed by atoms with E-state index in [-0.39, 0.29) is 11.6 Å². The number of hydrogen-bond acceptors (Lipinski definition) is 2. The van der Waals surface area contributed by atoms with Crippen LogP contribution in [0.4, 0.5) is 0 Å². The fourth-order valence-corrected chi connectivity index (χ4v) is 2.19. The minimum absolute atomic E-state index is 0.200. The number of nitrogens with one attached hydrogen (secondary N) is 3. The van der Waals surface area contributed by atoms with Crippen molar-refractivity contribution in [2.75, 3.05) is 0 Å². The van der Waals surface area contributed by atoms with Crippen LogP contribution in [-0.2, 0) is 6.54 Å². The van der Waals surface area contributed by atoms with Crippen molar-refractivity contribution < 1.29 is 4.79 Å². The Bertz CT molecular complexity index is 849. The van der Waals surface area contributed by atoms with Gasteiger partial charge in [-0.15, -0.1) is 0 Å². The first-order valence-electron chi connectivity index (χ1n) is 6.36. The Morgan fingerprint density at radius 2 is 1.76 bits per heavy atom. The molecule has 0 radical (unpaired) electrons. The minimum atomic E-state index is -0.288. The molecule has 3 N–H and O–H groups in total. The van der Waals surface area contributed by atoms with Gasteiger partial charge >= 0.3 is 5.69 Å². The maximum atomic E-state index is 12.1. The molecule has 3 rings (SSSR count). The van der Waals surface area contributed by atoms with E-state index < -0.39 is 0 Å². The van der Waals surface area contributed by atoms with Gasteiger partial charge in [-0.1, -0.05) is 23.7 Å². The van der Waals surface area contributed by atoms with Crippen molar-refractivity contribution >= 4 is 28.5 Å². The summed E-state index contributed by atoms with van der Waals surface area (Å²) in [6, 6.07) is 12.3. The van der Waals surface area contributed by atoms with Crippen LogP contribution in [0.5, 0.6) is 0 Å². The van der Waals surface area contributed by atoms with Gasteiger partial charge in [-0.25, -0.2) is 4.79 Å². The summed E-state index contributed by atoms with van der Waals surface area (Å²) >= 11 is 5.81. The molecule has 106 valence electrons. The number of fused-ring (bicyclic) bond motifs is 1. The minimum Gasteiger partial charge on any atom is -0.348 e. The predicted octanol–water partition coefficient (Wildman–Crippen LogP) is 2.44. The first-order valence-corrected chi connectivity index (χ1v) is 6.74. The molecule has 2 aromatic carbocycles. The molecule has 1 aromatic heterocycles. The molecule has 0 unspecified atom stereocenters. The lowest BCUT2D eigenvalue weighted by Gasteiger charge is -2.05. The zero-order chi connectivity index (χ0) is 14.8. The van der Waals surface area contributed by atoms with Gasteiger partial charge in [0, 0.05) is 17.1 Å². The van der Waals surface area contributed by atoms with Crippen LogP contribution in [0.1, 0.15) is 15.9 Å². The number of benzene rings is 2. The third-order valence-electron chi connectivity index (χ3n) is 3.14. The topological polar surface area (TPSA) is 77.8 Å². The van der Waals surface area contributed by atoms with Crippen LogP contribution in [-0.4, -0.2) is 15.9 Å². The van der Waals surface area contributed by atoms with Crippen LogP contribution in [0.25, 0.3) is 11.0 Å². The molecule has 0 aliphatic heterocycles. The van der Waals surface area contributed by atoms with Crippen LogP contribution in [0.15, 0.2) is 47.3 Å². The van der Waals surface area contributed by atoms with Crippen molar-refractivity contribution in [3.05, 3.63) is 69.1 Å². The molecule has 0 spiro atoms. The number of hydrogen-bond donors (Lipinski definition) is 3. The van der Waals surface area contributed by atoms with Crippen molar-refractivity contribution in [3.8, 4) is 0 Å². The second-order valence-corrected chi connectivity index (χ2v) is 5.09. The Morgan fingerprint density at radius 3 is 2.52 bits per heavy atom. The molecular weight excluding hydrogens is 290 g/mol. The number of amides is 1. The summed E-state index contributed by atoms with van der Waals surface area (Å²) in [6.07, 6.45) is 0. The normalized spacial score (nSPS) is 10.7. The average Bonchev–Trinajstić information content (AvgIpc) is 2.85. The lowest BCUT2D eigenvalue weighted by atomic mass is 10.1. The number of rotatable bonds is 3. The Kier molecular flexibility index (Phi) is 3.50. The van der Waals surface area contributed by atoms with E-state index in [1.807, 2.05) is 12.1 Å². The highest BCUT2D eigenvalue weighted by molar-refractivity contribution is 6.30. The predicted molar refractivity (Wildman–Crippen MR) is 81.5 cm³/mol. The van der Waals surface area contributed by atoms with Crippen LogP contribution >= 0.6 is 11.6 Å². The van der Waals surface area contributed by atoms with Crippen molar-refractivity contribution in [1.29, 1.82) is 0 Å². The van der Waals surface area contributed by atoms with Gasteiger partial charge in [0.2, 0.25) is 0 Å². The SMILES string of the molecule is O=C(NCc1ccc(Cl)cc1)c1ccc2[nH]c(=O)[nH]c2c1. The Balaban J connectivity index is 1.74. The molecule has 5 nitrogen and oxygen atoms in total. The first-order chi connectivity index (χ1) is 10.1. The molecule has 6 heteroatoms. The smallest absolute Gasteiger partial charge is 0.323 e. The van der Waals surface area contributed by atoms with Crippen LogP contribution in [0.2, 0.25) is 5.02 Å². The zero-order valence-corrected chi connectivity index (χ0v) is 11.7. The number of carbonyl (C=O) groups is 1. The Hall–Kier alpha value is -2.53. The second kappa shape index (κ2) is 5.46. The number of aromatic nitrogens is 2. The number of imidazole rings is 1. The van der Waals surface area contributed by atoms with Crippen molar-refractivity contribution in [2.24, 2.45) is 0 Å². The summed E-state index contributed by atoms with van der Waals surface area (Å²) in [6.45, 7) is 0.414. The summed E-state index contributed by atoms with van der Waals surface area (Å²) in [5.74, 6) is -0.200. The Morgan fingerprint density at radius 1 is 1.05 bits per heavy atom. The van der Waals surface area contributed by atoms with E-state index in [2.05, 4.69) is 15.3 Å². The summed E-state index contributed by atoms with van der Waals surface area (Å²) in [4.78, 5) is 28.5. The van der Waals surface area contributed by atoms with Crippen LogP contribution in [0.3, 0.4) is 0 Å². The van der Waals surface area contributed by atoms with Gasteiger partial charge in [0.05, 0.1) is 11.0 Å². The molecule has 0 atom stereocenters.